The molecule has 1 amide bonds. The fraction of sp³-hybridized carbons (Fsp3) is 0. The first-order valence-electron chi connectivity index (χ1n) is 4.94. The Morgan fingerprint density at radius 2 is 1.83 bits per heavy atom. The van der Waals surface area contributed by atoms with Gasteiger partial charge >= 0.3 is 0 Å². The predicted molar refractivity (Wildman–Crippen MR) is 73.7 cm³/mol. The number of benzene rings is 1. The van der Waals surface area contributed by atoms with Gasteiger partial charge in [-0.05, 0) is 24.3 Å². The zero-order valence-corrected chi connectivity index (χ0v) is 11.2. The average molecular weight is 302 g/mol. The summed E-state index contributed by atoms with van der Waals surface area (Å²) in [6.45, 7) is 0. The molecule has 2 aromatic rings. The summed E-state index contributed by atoms with van der Waals surface area (Å²) in [6, 6.07) is 6.32. The summed E-state index contributed by atoms with van der Waals surface area (Å²) in [6.07, 6.45) is 3.03. The van der Waals surface area contributed by atoms with E-state index in [0.29, 0.717) is 16.3 Å². The second-order valence-electron chi connectivity index (χ2n) is 3.44. The Morgan fingerprint density at radius 1 is 1.17 bits per heavy atom. The van der Waals surface area contributed by atoms with E-state index in [2.05, 4.69) is 10.3 Å². The summed E-state index contributed by atoms with van der Waals surface area (Å²) in [5.41, 5.74) is 0.746. The Morgan fingerprint density at radius 3 is 2.39 bits per heavy atom. The molecule has 0 saturated heterocycles. The lowest BCUT2D eigenvalue weighted by Gasteiger charge is -2.09. The molecule has 0 fully saturated rings. The average Bonchev–Trinajstić information content (AvgIpc) is 2.34. The SMILES string of the molecule is O=C(Nc1c(Cl)cc(Cl)cc1Cl)c1cccnc1. The fourth-order valence-corrected chi connectivity index (χ4v) is 2.26. The van der Waals surface area contributed by atoms with E-state index in [4.69, 9.17) is 34.8 Å². The van der Waals surface area contributed by atoms with Gasteiger partial charge in [-0.3, -0.25) is 9.78 Å². The van der Waals surface area contributed by atoms with E-state index < -0.39 is 0 Å². The van der Waals surface area contributed by atoms with E-state index in [1.54, 1.807) is 18.3 Å². The van der Waals surface area contributed by atoms with Crippen LogP contribution in [0.2, 0.25) is 15.1 Å². The molecule has 6 heteroatoms. The molecular formula is C12H7Cl3N2O. The van der Waals surface area contributed by atoms with E-state index in [9.17, 15) is 4.79 Å². The van der Waals surface area contributed by atoms with Gasteiger partial charge in [0.15, 0.2) is 0 Å². The highest BCUT2D eigenvalue weighted by atomic mass is 35.5. The first kappa shape index (κ1) is 13.1. The summed E-state index contributed by atoms with van der Waals surface area (Å²) >= 11 is 17.7. The van der Waals surface area contributed by atoms with Crippen LogP contribution in [0.15, 0.2) is 36.7 Å². The lowest BCUT2D eigenvalue weighted by Crippen LogP contribution is -2.12. The van der Waals surface area contributed by atoms with Crippen LogP contribution < -0.4 is 5.32 Å². The molecule has 92 valence electrons. The third-order valence-electron chi connectivity index (χ3n) is 2.17. The van der Waals surface area contributed by atoms with Crippen molar-refractivity contribution < 1.29 is 4.79 Å². The minimum absolute atomic E-state index is 0.282. The van der Waals surface area contributed by atoms with Crippen molar-refractivity contribution in [1.29, 1.82) is 0 Å². The zero-order valence-electron chi connectivity index (χ0n) is 8.95. The van der Waals surface area contributed by atoms with Gasteiger partial charge in [0.05, 0.1) is 21.3 Å². The maximum Gasteiger partial charge on any atom is 0.257 e. The summed E-state index contributed by atoms with van der Waals surface area (Å²) in [5.74, 6) is -0.339. The highest BCUT2D eigenvalue weighted by molar-refractivity contribution is 6.42. The van der Waals surface area contributed by atoms with E-state index in [-0.39, 0.29) is 16.0 Å². The highest BCUT2D eigenvalue weighted by Crippen LogP contribution is 2.33. The largest absolute Gasteiger partial charge is 0.319 e. The van der Waals surface area contributed by atoms with Crippen molar-refractivity contribution in [3.8, 4) is 0 Å². The van der Waals surface area contributed by atoms with Gasteiger partial charge in [-0.2, -0.15) is 0 Å². The van der Waals surface area contributed by atoms with E-state index in [0.717, 1.165) is 0 Å². The molecule has 0 bridgehead atoms. The second-order valence-corrected chi connectivity index (χ2v) is 4.69. The Hall–Kier alpha value is -1.29. The van der Waals surface area contributed by atoms with Crippen LogP contribution in [0.5, 0.6) is 0 Å². The van der Waals surface area contributed by atoms with Crippen molar-refractivity contribution in [2.45, 2.75) is 0 Å². The van der Waals surface area contributed by atoms with Crippen LogP contribution in [0, 0.1) is 0 Å². The monoisotopic (exact) mass is 300 g/mol. The molecule has 0 unspecified atom stereocenters. The van der Waals surface area contributed by atoms with Crippen LogP contribution >= 0.6 is 34.8 Å². The molecule has 3 nitrogen and oxygen atoms in total. The number of hydrogen-bond acceptors (Lipinski definition) is 2. The van der Waals surface area contributed by atoms with Gasteiger partial charge in [0.2, 0.25) is 0 Å². The molecule has 0 aliphatic rings. The number of carbonyl (C=O) groups is 1. The van der Waals surface area contributed by atoms with Crippen molar-refractivity contribution in [3.63, 3.8) is 0 Å². The van der Waals surface area contributed by atoms with Gasteiger partial charge in [0, 0.05) is 17.4 Å². The summed E-state index contributed by atoms with van der Waals surface area (Å²) in [7, 11) is 0. The molecule has 18 heavy (non-hydrogen) atoms. The zero-order chi connectivity index (χ0) is 13.1. The van der Waals surface area contributed by atoms with Gasteiger partial charge in [-0.1, -0.05) is 34.8 Å². The van der Waals surface area contributed by atoms with E-state index >= 15 is 0 Å². The lowest BCUT2D eigenvalue weighted by molar-refractivity contribution is 0.102. The number of hydrogen-bond donors (Lipinski definition) is 1. The highest BCUT2D eigenvalue weighted by Gasteiger charge is 2.12. The number of nitrogens with one attached hydrogen (secondary N) is 1. The molecule has 1 aromatic carbocycles. The molecule has 1 heterocycles. The number of anilines is 1. The van der Waals surface area contributed by atoms with Crippen LogP contribution in [-0.2, 0) is 0 Å². The van der Waals surface area contributed by atoms with E-state index in [1.807, 2.05) is 0 Å². The third-order valence-corrected chi connectivity index (χ3v) is 2.98. The summed E-state index contributed by atoms with van der Waals surface area (Å²) in [5, 5.41) is 3.59. The fourth-order valence-electron chi connectivity index (χ4n) is 1.34. The number of rotatable bonds is 2. The van der Waals surface area contributed by atoms with Gasteiger partial charge in [-0.15, -0.1) is 0 Å². The first-order valence-corrected chi connectivity index (χ1v) is 6.07. The maximum atomic E-state index is 11.9. The molecule has 0 radical (unpaired) electrons. The first-order chi connectivity index (χ1) is 8.58. The Kier molecular flexibility index (Phi) is 4.07. The van der Waals surface area contributed by atoms with Crippen LogP contribution in [0.25, 0.3) is 0 Å². The Labute approximate surface area is 119 Å². The Balaban J connectivity index is 2.28. The standard InChI is InChI=1S/C12H7Cl3N2O/c13-8-4-9(14)11(10(15)5-8)17-12(18)7-2-1-3-16-6-7/h1-6H,(H,17,18). The van der Waals surface area contributed by atoms with Crippen molar-refractivity contribution in [2.24, 2.45) is 0 Å². The number of carbonyl (C=O) groups excluding carboxylic acids is 1. The van der Waals surface area contributed by atoms with Crippen molar-refractivity contribution >= 4 is 46.4 Å². The third kappa shape index (κ3) is 2.93. The molecular weight excluding hydrogens is 295 g/mol. The van der Waals surface area contributed by atoms with Crippen molar-refractivity contribution in [2.75, 3.05) is 5.32 Å². The van der Waals surface area contributed by atoms with Crippen LogP contribution in [-0.4, -0.2) is 10.9 Å². The quantitative estimate of drug-likeness (QED) is 0.899. The number of halogens is 3. The van der Waals surface area contributed by atoms with Crippen molar-refractivity contribution in [3.05, 3.63) is 57.3 Å². The molecule has 0 aliphatic carbocycles. The Bertz CT molecular complexity index is 564. The number of amides is 1. The van der Waals surface area contributed by atoms with Crippen LogP contribution in [0.1, 0.15) is 10.4 Å². The number of aromatic nitrogens is 1. The van der Waals surface area contributed by atoms with E-state index in [1.165, 1.54) is 18.3 Å². The smallest absolute Gasteiger partial charge is 0.257 e. The lowest BCUT2D eigenvalue weighted by atomic mass is 10.2. The summed E-state index contributed by atoms with van der Waals surface area (Å²) in [4.78, 5) is 15.8. The maximum absolute atomic E-state index is 11.9. The van der Waals surface area contributed by atoms with Crippen LogP contribution in [0.4, 0.5) is 5.69 Å². The summed E-state index contributed by atoms with van der Waals surface area (Å²) < 4.78 is 0. The predicted octanol–water partition coefficient (Wildman–Crippen LogP) is 4.29. The molecule has 2 rings (SSSR count). The topological polar surface area (TPSA) is 42.0 Å². The van der Waals surface area contributed by atoms with Gasteiger partial charge < -0.3 is 5.32 Å². The van der Waals surface area contributed by atoms with Crippen LogP contribution in [0.3, 0.4) is 0 Å². The molecule has 1 aromatic heterocycles. The minimum Gasteiger partial charge on any atom is -0.319 e. The second kappa shape index (κ2) is 5.57. The number of nitrogens with zero attached hydrogens (tertiary/aromatic N) is 1. The van der Waals surface area contributed by atoms with Gasteiger partial charge in [0.1, 0.15) is 0 Å². The molecule has 0 aliphatic heterocycles. The molecule has 0 atom stereocenters. The molecule has 0 saturated carbocycles. The van der Waals surface area contributed by atoms with Gasteiger partial charge in [0.25, 0.3) is 5.91 Å². The minimum atomic E-state index is -0.339. The molecule has 0 spiro atoms. The normalized spacial score (nSPS) is 10.2. The van der Waals surface area contributed by atoms with Crippen molar-refractivity contribution in [1.82, 2.24) is 4.98 Å². The van der Waals surface area contributed by atoms with Gasteiger partial charge in [-0.25, -0.2) is 0 Å². The number of pyridine rings is 1. The molecule has 1 N–H and O–H groups in total.